The maximum absolute atomic E-state index is 6.56. The molecule has 1 rings (SSSR count). The van der Waals surface area contributed by atoms with E-state index in [1.54, 1.807) is 0 Å². The molecule has 0 saturated carbocycles. The van der Waals surface area contributed by atoms with E-state index in [4.69, 9.17) is 11.2 Å². The SMILES string of the molecule is CC(C)N(C(C)C)P(Cl)Cc1ccccc1. The van der Waals surface area contributed by atoms with Crippen molar-refractivity contribution in [2.24, 2.45) is 0 Å². The van der Waals surface area contributed by atoms with Gasteiger partial charge >= 0.3 is 0 Å². The maximum Gasteiger partial charge on any atom is 0.0676 e. The molecular formula is C13H21ClNP. The molecular weight excluding hydrogens is 237 g/mol. The zero-order valence-corrected chi connectivity index (χ0v) is 12.2. The summed E-state index contributed by atoms with van der Waals surface area (Å²) in [6.45, 7) is 8.84. The van der Waals surface area contributed by atoms with Crippen LogP contribution in [0.3, 0.4) is 0 Å². The van der Waals surface area contributed by atoms with E-state index >= 15 is 0 Å². The number of benzene rings is 1. The zero-order chi connectivity index (χ0) is 12.1. The average Bonchev–Trinajstić information content (AvgIpc) is 2.17. The summed E-state index contributed by atoms with van der Waals surface area (Å²) in [4.78, 5) is 0. The highest BCUT2D eigenvalue weighted by Crippen LogP contribution is 2.51. The van der Waals surface area contributed by atoms with E-state index in [0.717, 1.165) is 6.16 Å². The molecule has 0 fully saturated rings. The Morgan fingerprint density at radius 1 is 1.06 bits per heavy atom. The summed E-state index contributed by atoms with van der Waals surface area (Å²) in [5, 5.41) is 0. The van der Waals surface area contributed by atoms with Gasteiger partial charge in [-0.15, -0.1) is 0 Å². The average molecular weight is 258 g/mol. The van der Waals surface area contributed by atoms with Crippen molar-refractivity contribution in [2.45, 2.75) is 45.9 Å². The largest absolute Gasteiger partial charge is 0.264 e. The molecule has 1 aromatic rings. The summed E-state index contributed by atoms with van der Waals surface area (Å²) in [5.74, 6) is 0. The van der Waals surface area contributed by atoms with E-state index < -0.39 is 7.43 Å². The third-order valence-corrected chi connectivity index (χ3v) is 5.40. The number of rotatable bonds is 5. The van der Waals surface area contributed by atoms with Crippen LogP contribution in [0.1, 0.15) is 33.3 Å². The second-order valence-electron chi connectivity index (χ2n) is 4.55. The predicted octanol–water partition coefficient (Wildman–Crippen LogP) is 4.86. The Morgan fingerprint density at radius 3 is 2.00 bits per heavy atom. The van der Waals surface area contributed by atoms with E-state index in [1.165, 1.54) is 5.56 Å². The summed E-state index contributed by atoms with van der Waals surface area (Å²) in [5.41, 5.74) is 1.33. The first-order valence-corrected chi connectivity index (χ1v) is 8.16. The molecule has 0 radical (unpaired) electrons. The molecule has 0 N–H and O–H groups in total. The van der Waals surface area contributed by atoms with Crippen molar-refractivity contribution in [3.05, 3.63) is 35.9 Å². The van der Waals surface area contributed by atoms with Crippen molar-refractivity contribution < 1.29 is 0 Å². The van der Waals surface area contributed by atoms with Gasteiger partial charge in [0, 0.05) is 18.2 Å². The minimum absolute atomic E-state index is 0.507. The number of halogens is 1. The van der Waals surface area contributed by atoms with Crippen molar-refractivity contribution in [3.8, 4) is 0 Å². The molecule has 1 unspecified atom stereocenters. The summed E-state index contributed by atoms with van der Waals surface area (Å²) in [6, 6.07) is 11.5. The molecule has 0 saturated heterocycles. The highest BCUT2D eigenvalue weighted by Gasteiger charge is 2.22. The fourth-order valence-corrected chi connectivity index (χ4v) is 5.05. The first kappa shape index (κ1) is 14.0. The van der Waals surface area contributed by atoms with Crippen LogP contribution in [0.4, 0.5) is 0 Å². The Balaban J connectivity index is 2.66. The van der Waals surface area contributed by atoms with Gasteiger partial charge in [-0.3, -0.25) is 4.67 Å². The Bertz CT molecular complexity index is 292. The van der Waals surface area contributed by atoms with Gasteiger partial charge in [0.15, 0.2) is 0 Å². The molecule has 1 aromatic carbocycles. The summed E-state index contributed by atoms with van der Waals surface area (Å²) >= 11 is 6.56. The van der Waals surface area contributed by atoms with Crippen molar-refractivity contribution in [2.75, 3.05) is 0 Å². The van der Waals surface area contributed by atoms with Crippen LogP contribution in [-0.2, 0) is 6.16 Å². The first-order valence-electron chi connectivity index (χ1n) is 5.78. The fraction of sp³-hybridized carbons (Fsp3) is 0.538. The lowest BCUT2D eigenvalue weighted by atomic mass is 10.2. The van der Waals surface area contributed by atoms with Crippen LogP contribution < -0.4 is 0 Å². The van der Waals surface area contributed by atoms with Crippen LogP contribution >= 0.6 is 18.7 Å². The lowest BCUT2D eigenvalue weighted by Gasteiger charge is -2.34. The van der Waals surface area contributed by atoms with Crippen LogP contribution in [0, 0.1) is 0 Å². The first-order chi connectivity index (χ1) is 7.52. The Hall–Kier alpha value is -0.100. The van der Waals surface area contributed by atoms with Crippen molar-refractivity contribution in [3.63, 3.8) is 0 Å². The van der Waals surface area contributed by atoms with Gasteiger partial charge in [0.05, 0.1) is 7.43 Å². The third-order valence-electron chi connectivity index (χ3n) is 2.46. The van der Waals surface area contributed by atoms with Gasteiger partial charge in [0.1, 0.15) is 0 Å². The molecule has 0 spiro atoms. The minimum Gasteiger partial charge on any atom is -0.264 e. The highest BCUT2D eigenvalue weighted by atomic mass is 35.7. The monoisotopic (exact) mass is 257 g/mol. The molecule has 3 heteroatoms. The Labute approximate surface area is 105 Å². The summed E-state index contributed by atoms with van der Waals surface area (Å²) in [6.07, 6.45) is 0.966. The lowest BCUT2D eigenvalue weighted by molar-refractivity contribution is 0.326. The molecule has 0 amide bonds. The lowest BCUT2D eigenvalue weighted by Crippen LogP contribution is -2.31. The molecule has 0 bridgehead atoms. The Morgan fingerprint density at radius 2 is 1.56 bits per heavy atom. The van der Waals surface area contributed by atoms with Gasteiger partial charge in [0.2, 0.25) is 0 Å². The van der Waals surface area contributed by atoms with Gasteiger partial charge in [-0.1, -0.05) is 41.6 Å². The number of nitrogens with zero attached hydrogens (tertiary/aromatic N) is 1. The van der Waals surface area contributed by atoms with Crippen LogP contribution in [-0.4, -0.2) is 16.8 Å². The molecule has 1 atom stereocenters. The molecule has 0 aliphatic heterocycles. The van der Waals surface area contributed by atoms with Gasteiger partial charge in [-0.2, -0.15) is 0 Å². The van der Waals surface area contributed by atoms with Crippen molar-refractivity contribution in [1.29, 1.82) is 0 Å². The molecule has 0 aliphatic rings. The van der Waals surface area contributed by atoms with Gasteiger partial charge in [0.25, 0.3) is 0 Å². The van der Waals surface area contributed by atoms with Crippen LogP contribution in [0.25, 0.3) is 0 Å². The normalized spacial score (nSPS) is 13.8. The van der Waals surface area contributed by atoms with E-state index in [0.29, 0.717) is 12.1 Å². The Kier molecular flexibility index (Phi) is 5.75. The molecule has 0 aliphatic carbocycles. The van der Waals surface area contributed by atoms with E-state index in [-0.39, 0.29) is 0 Å². The quantitative estimate of drug-likeness (QED) is 0.681. The third kappa shape index (κ3) is 4.05. The summed E-state index contributed by atoms with van der Waals surface area (Å²) in [7, 11) is -0.594. The standard InChI is InChI=1S/C13H21ClNP/c1-11(2)15(12(3)4)16(14)10-13-8-6-5-7-9-13/h5-9,11-12H,10H2,1-4H3. The van der Waals surface area contributed by atoms with Gasteiger partial charge in [-0.25, -0.2) is 0 Å². The zero-order valence-electron chi connectivity index (χ0n) is 10.5. The van der Waals surface area contributed by atoms with Crippen molar-refractivity contribution >= 4 is 18.7 Å². The van der Waals surface area contributed by atoms with E-state index in [1.807, 2.05) is 6.07 Å². The van der Waals surface area contributed by atoms with Crippen LogP contribution in [0.2, 0.25) is 0 Å². The molecule has 1 nitrogen and oxygen atoms in total. The van der Waals surface area contributed by atoms with Crippen LogP contribution in [0.5, 0.6) is 0 Å². The van der Waals surface area contributed by atoms with E-state index in [2.05, 4.69) is 56.6 Å². The molecule has 16 heavy (non-hydrogen) atoms. The van der Waals surface area contributed by atoms with Gasteiger partial charge in [-0.05, 0) is 33.3 Å². The number of hydrogen-bond donors (Lipinski definition) is 0. The molecule has 90 valence electrons. The highest BCUT2D eigenvalue weighted by molar-refractivity contribution is 7.81. The van der Waals surface area contributed by atoms with Crippen LogP contribution in [0.15, 0.2) is 30.3 Å². The minimum atomic E-state index is -0.594. The van der Waals surface area contributed by atoms with Gasteiger partial charge < -0.3 is 0 Å². The van der Waals surface area contributed by atoms with Crippen molar-refractivity contribution in [1.82, 2.24) is 4.67 Å². The predicted molar refractivity (Wildman–Crippen MR) is 75.0 cm³/mol. The summed E-state index contributed by atoms with van der Waals surface area (Å²) < 4.78 is 2.41. The maximum atomic E-state index is 6.56. The topological polar surface area (TPSA) is 3.24 Å². The second kappa shape index (κ2) is 6.59. The smallest absolute Gasteiger partial charge is 0.0676 e. The fourth-order valence-electron chi connectivity index (χ4n) is 1.91. The van der Waals surface area contributed by atoms with E-state index in [9.17, 15) is 0 Å². The number of hydrogen-bond acceptors (Lipinski definition) is 1. The second-order valence-corrected chi connectivity index (χ2v) is 7.17. The molecule has 0 aromatic heterocycles. The molecule has 0 heterocycles.